The largest absolute Gasteiger partial charge is 0.483 e. The molecule has 86 valence electrons. The molecular formula is C14H18O2. The van der Waals surface area contributed by atoms with E-state index >= 15 is 0 Å². The first-order chi connectivity index (χ1) is 7.70. The molecule has 2 nitrogen and oxygen atoms in total. The third-order valence-corrected chi connectivity index (χ3v) is 3.18. The smallest absolute Gasteiger partial charge is 0.172 e. The van der Waals surface area contributed by atoms with Crippen molar-refractivity contribution >= 4 is 5.78 Å². The first-order valence-corrected chi connectivity index (χ1v) is 6.02. The Labute approximate surface area is 96.6 Å². The van der Waals surface area contributed by atoms with Gasteiger partial charge in [0.2, 0.25) is 0 Å². The summed E-state index contributed by atoms with van der Waals surface area (Å²) in [6.45, 7) is 3.68. The molecule has 0 fully saturated rings. The Balaban J connectivity index is 2.08. The molecule has 0 aliphatic heterocycles. The van der Waals surface area contributed by atoms with Crippen molar-refractivity contribution in [3.8, 4) is 5.75 Å². The Morgan fingerprint density at radius 3 is 2.88 bits per heavy atom. The highest BCUT2D eigenvalue weighted by Gasteiger charge is 2.15. The van der Waals surface area contributed by atoms with Gasteiger partial charge in [-0.1, -0.05) is 13.0 Å². The van der Waals surface area contributed by atoms with Crippen molar-refractivity contribution in [2.45, 2.75) is 45.6 Å². The number of carbonyl (C=O) groups is 1. The molecule has 0 N–H and O–H groups in total. The van der Waals surface area contributed by atoms with Gasteiger partial charge in [-0.2, -0.15) is 0 Å². The summed E-state index contributed by atoms with van der Waals surface area (Å²) in [7, 11) is 0. The molecule has 0 bridgehead atoms. The molecule has 1 aliphatic rings. The van der Waals surface area contributed by atoms with E-state index in [0.29, 0.717) is 6.42 Å². The number of hydrogen-bond donors (Lipinski definition) is 0. The summed E-state index contributed by atoms with van der Waals surface area (Å²) in [5.41, 5.74) is 2.82. The molecule has 0 radical (unpaired) electrons. The van der Waals surface area contributed by atoms with Crippen molar-refractivity contribution < 1.29 is 9.53 Å². The molecule has 1 atom stereocenters. The van der Waals surface area contributed by atoms with Crippen LogP contribution in [-0.2, 0) is 17.6 Å². The summed E-state index contributed by atoms with van der Waals surface area (Å²) in [6, 6.07) is 6.19. The zero-order valence-electron chi connectivity index (χ0n) is 9.95. The Morgan fingerprint density at radius 2 is 2.12 bits per heavy atom. The fraction of sp³-hybridized carbons (Fsp3) is 0.500. The number of fused-ring (bicyclic) bond motifs is 1. The van der Waals surface area contributed by atoms with Crippen LogP contribution in [0.4, 0.5) is 0 Å². The maximum absolute atomic E-state index is 11.4. The zero-order valence-corrected chi connectivity index (χ0v) is 9.95. The van der Waals surface area contributed by atoms with E-state index in [1.54, 1.807) is 0 Å². The first-order valence-electron chi connectivity index (χ1n) is 6.02. The zero-order chi connectivity index (χ0) is 11.5. The summed E-state index contributed by atoms with van der Waals surface area (Å²) in [5, 5.41) is 0. The summed E-state index contributed by atoms with van der Waals surface area (Å²) in [6.07, 6.45) is 3.76. The van der Waals surface area contributed by atoms with Crippen molar-refractivity contribution in [1.82, 2.24) is 0 Å². The third kappa shape index (κ3) is 2.26. The number of Topliss-reactive ketones (excluding diaryl/α,β-unsaturated/α-hetero) is 1. The van der Waals surface area contributed by atoms with Crippen LogP contribution >= 0.6 is 0 Å². The highest BCUT2D eigenvalue weighted by molar-refractivity contribution is 5.82. The van der Waals surface area contributed by atoms with Gasteiger partial charge in [-0.05, 0) is 49.4 Å². The van der Waals surface area contributed by atoms with Gasteiger partial charge in [0.05, 0.1) is 0 Å². The predicted molar refractivity (Wildman–Crippen MR) is 63.9 cm³/mol. The molecule has 1 unspecified atom stereocenters. The standard InChI is InChI=1S/C14H18O2/c1-3-14(15)10(2)16-13-8-7-11-5-4-6-12(11)9-13/h7-10H,3-6H2,1-2H3. The van der Waals surface area contributed by atoms with Crippen LogP contribution in [0.15, 0.2) is 18.2 Å². The van der Waals surface area contributed by atoms with E-state index in [-0.39, 0.29) is 11.9 Å². The molecule has 0 saturated heterocycles. The maximum atomic E-state index is 11.4. The maximum Gasteiger partial charge on any atom is 0.172 e. The predicted octanol–water partition coefficient (Wildman–Crippen LogP) is 2.92. The Morgan fingerprint density at radius 1 is 1.38 bits per heavy atom. The van der Waals surface area contributed by atoms with E-state index in [1.165, 1.54) is 24.0 Å². The average Bonchev–Trinajstić information content (AvgIpc) is 2.75. The number of ether oxygens (including phenoxy) is 1. The molecule has 1 aliphatic carbocycles. The number of carbonyl (C=O) groups excluding carboxylic acids is 1. The summed E-state index contributed by atoms with van der Waals surface area (Å²) < 4.78 is 5.64. The van der Waals surface area contributed by atoms with Gasteiger partial charge in [0, 0.05) is 6.42 Å². The van der Waals surface area contributed by atoms with E-state index in [1.807, 2.05) is 19.9 Å². The lowest BCUT2D eigenvalue weighted by Gasteiger charge is -2.13. The second kappa shape index (κ2) is 4.69. The monoisotopic (exact) mass is 218 g/mol. The summed E-state index contributed by atoms with van der Waals surface area (Å²) >= 11 is 0. The quantitative estimate of drug-likeness (QED) is 0.776. The minimum atomic E-state index is -0.329. The fourth-order valence-electron chi connectivity index (χ4n) is 2.18. The SMILES string of the molecule is CCC(=O)C(C)Oc1ccc2c(c1)CCC2. The van der Waals surface area contributed by atoms with Gasteiger partial charge in [0.15, 0.2) is 11.9 Å². The molecule has 0 spiro atoms. The molecule has 0 amide bonds. The Kier molecular flexibility index (Phi) is 3.28. The van der Waals surface area contributed by atoms with Crippen LogP contribution in [0.3, 0.4) is 0 Å². The molecule has 0 heterocycles. The van der Waals surface area contributed by atoms with Gasteiger partial charge in [0.25, 0.3) is 0 Å². The van der Waals surface area contributed by atoms with Crippen LogP contribution in [-0.4, -0.2) is 11.9 Å². The Hall–Kier alpha value is -1.31. The van der Waals surface area contributed by atoms with Crippen LogP contribution in [0.5, 0.6) is 5.75 Å². The van der Waals surface area contributed by atoms with E-state index < -0.39 is 0 Å². The van der Waals surface area contributed by atoms with Crippen molar-refractivity contribution in [2.75, 3.05) is 0 Å². The van der Waals surface area contributed by atoms with Crippen LogP contribution in [0.2, 0.25) is 0 Å². The van der Waals surface area contributed by atoms with E-state index in [2.05, 4.69) is 12.1 Å². The lowest BCUT2D eigenvalue weighted by molar-refractivity contribution is -0.124. The van der Waals surface area contributed by atoms with Crippen LogP contribution in [0.25, 0.3) is 0 Å². The second-order valence-corrected chi connectivity index (χ2v) is 4.36. The van der Waals surface area contributed by atoms with E-state index in [4.69, 9.17) is 4.74 Å². The highest BCUT2D eigenvalue weighted by Crippen LogP contribution is 2.26. The number of rotatable bonds is 4. The average molecular weight is 218 g/mol. The fourth-order valence-corrected chi connectivity index (χ4v) is 2.18. The van der Waals surface area contributed by atoms with Crippen molar-refractivity contribution in [3.05, 3.63) is 29.3 Å². The molecule has 16 heavy (non-hydrogen) atoms. The van der Waals surface area contributed by atoms with Crippen LogP contribution in [0.1, 0.15) is 37.8 Å². The number of benzene rings is 1. The van der Waals surface area contributed by atoms with Gasteiger partial charge < -0.3 is 4.74 Å². The molecule has 2 heteroatoms. The second-order valence-electron chi connectivity index (χ2n) is 4.36. The molecule has 2 rings (SSSR count). The summed E-state index contributed by atoms with van der Waals surface area (Å²) in [5.74, 6) is 0.982. The molecule has 0 saturated carbocycles. The number of hydrogen-bond acceptors (Lipinski definition) is 2. The van der Waals surface area contributed by atoms with Crippen molar-refractivity contribution in [3.63, 3.8) is 0 Å². The van der Waals surface area contributed by atoms with Gasteiger partial charge >= 0.3 is 0 Å². The summed E-state index contributed by atoms with van der Waals surface area (Å²) in [4.78, 5) is 11.4. The molecule has 0 aromatic heterocycles. The first kappa shape index (κ1) is 11.2. The highest BCUT2D eigenvalue weighted by atomic mass is 16.5. The van der Waals surface area contributed by atoms with Gasteiger partial charge in [-0.15, -0.1) is 0 Å². The molecular weight excluding hydrogens is 200 g/mol. The topological polar surface area (TPSA) is 26.3 Å². The van der Waals surface area contributed by atoms with E-state index in [0.717, 1.165) is 12.2 Å². The minimum absolute atomic E-state index is 0.153. The van der Waals surface area contributed by atoms with Crippen LogP contribution in [0, 0.1) is 0 Å². The van der Waals surface area contributed by atoms with Crippen molar-refractivity contribution in [1.29, 1.82) is 0 Å². The van der Waals surface area contributed by atoms with Gasteiger partial charge in [0.1, 0.15) is 5.75 Å². The minimum Gasteiger partial charge on any atom is -0.483 e. The van der Waals surface area contributed by atoms with Gasteiger partial charge in [-0.3, -0.25) is 4.79 Å². The molecule has 1 aromatic rings. The Bertz CT molecular complexity index is 396. The molecule has 1 aromatic carbocycles. The lowest BCUT2D eigenvalue weighted by atomic mass is 10.1. The van der Waals surface area contributed by atoms with Crippen molar-refractivity contribution in [2.24, 2.45) is 0 Å². The number of ketones is 1. The van der Waals surface area contributed by atoms with Crippen LogP contribution < -0.4 is 4.74 Å². The normalized spacial score (nSPS) is 15.6. The lowest BCUT2D eigenvalue weighted by Crippen LogP contribution is -2.22. The third-order valence-electron chi connectivity index (χ3n) is 3.18. The van der Waals surface area contributed by atoms with Gasteiger partial charge in [-0.25, -0.2) is 0 Å². The van der Waals surface area contributed by atoms with E-state index in [9.17, 15) is 4.79 Å². The number of aryl methyl sites for hydroxylation is 2.